The lowest BCUT2D eigenvalue weighted by molar-refractivity contribution is -0.137. The van der Waals surface area contributed by atoms with Gasteiger partial charge in [-0.1, -0.05) is 6.07 Å². The van der Waals surface area contributed by atoms with E-state index in [2.05, 4.69) is 15.0 Å². The Morgan fingerprint density at radius 2 is 1.67 bits per heavy atom. The van der Waals surface area contributed by atoms with E-state index < -0.39 is 21.8 Å². The van der Waals surface area contributed by atoms with Crippen molar-refractivity contribution in [2.75, 3.05) is 31.1 Å². The zero-order chi connectivity index (χ0) is 23.5. The molecule has 180 valence electrons. The Kier molecular flexibility index (Phi) is 7.10. The second-order valence-corrected chi connectivity index (χ2v) is 9.97. The zero-order valence-electron chi connectivity index (χ0n) is 18.0. The average molecular weight is 485 g/mol. The van der Waals surface area contributed by atoms with E-state index in [0.29, 0.717) is 25.9 Å². The molecule has 4 rings (SSSR count). The minimum absolute atomic E-state index is 0.0688. The third-order valence-corrected chi connectivity index (χ3v) is 7.35. The van der Waals surface area contributed by atoms with Crippen molar-refractivity contribution in [3.63, 3.8) is 0 Å². The van der Waals surface area contributed by atoms with Gasteiger partial charge in [0.2, 0.25) is 5.88 Å². The van der Waals surface area contributed by atoms with Crippen LogP contribution in [-0.2, 0) is 16.2 Å². The summed E-state index contributed by atoms with van der Waals surface area (Å²) in [5.41, 5.74) is 0.0664. The van der Waals surface area contributed by atoms with E-state index in [1.54, 1.807) is 12.1 Å². The third kappa shape index (κ3) is 6.15. The lowest BCUT2D eigenvalue weighted by Gasteiger charge is -2.33. The summed E-state index contributed by atoms with van der Waals surface area (Å²) < 4.78 is 72.3. The van der Waals surface area contributed by atoms with Crippen molar-refractivity contribution in [3.8, 4) is 5.88 Å². The van der Waals surface area contributed by atoms with Gasteiger partial charge in [-0.2, -0.15) is 13.2 Å². The molecule has 2 fully saturated rings. The maximum Gasteiger partial charge on any atom is 0.416 e. The van der Waals surface area contributed by atoms with E-state index in [1.165, 1.54) is 18.2 Å². The predicted molar refractivity (Wildman–Crippen MR) is 118 cm³/mol. The van der Waals surface area contributed by atoms with Crippen LogP contribution in [0.1, 0.15) is 31.2 Å². The second-order valence-electron chi connectivity index (χ2n) is 8.31. The number of nitrogens with zero attached hydrogens (tertiary/aromatic N) is 2. The molecule has 2 aliphatic rings. The standard InChI is InChI=1S/C22H27F3N4O3S/c23-22(24,25)16-4-6-18(7-5-16)29-14-10-19(11-15-29)32-20-2-1-3-21(27-20)33(30,31)28-17-8-12-26-13-9-17/h1-7,17,19,26,28H,8-15H2. The van der Waals surface area contributed by atoms with Gasteiger partial charge in [-0.25, -0.2) is 18.1 Å². The first-order valence-corrected chi connectivity index (χ1v) is 12.5. The van der Waals surface area contributed by atoms with E-state index in [4.69, 9.17) is 4.74 Å². The highest BCUT2D eigenvalue weighted by atomic mass is 32.2. The van der Waals surface area contributed by atoms with Crippen LogP contribution in [0.2, 0.25) is 0 Å². The molecule has 2 N–H and O–H groups in total. The molecule has 0 amide bonds. The Hall–Kier alpha value is -2.37. The van der Waals surface area contributed by atoms with Crippen LogP contribution in [0, 0.1) is 0 Å². The number of piperidine rings is 2. The predicted octanol–water partition coefficient (Wildman–Crippen LogP) is 3.18. The monoisotopic (exact) mass is 484 g/mol. The lowest BCUT2D eigenvalue weighted by atomic mass is 10.1. The van der Waals surface area contributed by atoms with Crippen molar-refractivity contribution in [2.24, 2.45) is 0 Å². The topological polar surface area (TPSA) is 83.6 Å². The summed E-state index contributed by atoms with van der Waals surface area (Å²) in [7, 11) is -3.74. The van der Waals surface area contributed by atoms with Crippen molar-refractivity contribution in [3.05, 3.63) is 48.0 Å². The van der Waals surface area contributed by atoms with Crippen molar-refractivity contribution in [1.29, 1.82) is 0 Å². The molecule has 0 aliphatic carbocycles. The number of halogens is 3. The number of hydrogen-bond acceptors (Lipinski definition) is 6. The second kappa shape index (κ2) is 9.86. The molecule has 0 unspecified atom stereocenters. The molecule has 7 nitrogen and oxygen atoms in total. The molecular weight excluding hydrogens is 457 g/mol. The van der Waals surface area contributed by atoms with Gasteiger partial charge in [-0.3, -0.25) is 0 Å². The lowest BCUT2D eigenvalue weighted by Crippen LogP contribution is -2.42. The van der Waals surface area contributed by atoms with Gasteiger partial charge in [0.15, 0.2) is 5.03 Å². The summed E-state index contributed by atoms with van der Waals surface area (Å²) >= 11 is 0. The fourth-order valence-electron chi connectivity index (χ4n) is 4.09. The molecule has 0 bridgehead atoms. The van der Waals surface area contributed by atoms with Gasteiger partial charge in [0, 0.05) is 43.7 Å². The van der Waals surface area contributed by atoms with Gasteiger partial charge < -0.3 is 15.0 Å². The van der Waals surface area contributed by atoms with Gasteiger partial charge in [-0.05, 0) is 56.3 Å². The molecule has 0 radical (unpaired) electrons. The molecule has 1 aromatic heterocycles. The summed E-state index contributed by atoms with van der Waals surface area (Å²) in [4.78, 5) is 6.22. The Labute approximate surface area is 191 Å². The summed E-state index contributed by atoms with van der Waals surface area (Å²) in [5.74, 6) is 0.246. The van der Waals surface area contributed by atoms with Crippen LogP contribution in [0.25, 0.3) is 0 Å². The number of sulfonamides is 1. The Balaban J connectivity index is 1.33. The average Bonchev–Trinajstić information content (AvgIpc) is 2.80. The molecule has 2 aromatic rings. The minimum atomic E-state index is -4.35. The summed E-state index contributed by atoms with van der Waals surface area (Å²) in [6.45, 7) is 2.78. The van der Waals surface area contributed by atoms with Gasteiger partial charge in [0.05, 0.1) is 5.56 Å². The molecule has 0 saturated carbocycles. The van der Waals surface area contributed by atoms with Crippen LogP contribution in [0.5, 0.6) is 5.88 Å². The number of hydrogen-bond donors (Lipinski definition) is 2. The van der Waals surface area contributed by atoms with E-state index in [1.807, 2.05) is 4.90 Å². The molecule has 1 aromatic carbocycles. The SMILES string of the molecule is O=S(=O)(NC1CCNCC1)c1cccc(OC2CCN(c3ccc(C(F)(F)F)cc3)CC2)n1. The van der Waals surface area contributed by atoms with Gasteiger partial charge >= 0.3 is 6.18 Å². The van der Waals surface area contributed by atoms with E-state index in [-0.39, 0.29) is 23.1 Å². The molecule has 2 aliphatic heterocycles. The Morgan fingerprint density at radius 3 is 2.30 bits per heavy atom. The zero-order valence-corrected chi connectivity index (χ0v) is 18.8. The van der Waals surface area contributed by atoms with Crippen LogP contribution in [0.15, 0.2) is 47.5 Å². The number of benzene rings is 1. The smallest absolute Gasteiger partial charge is 0.416 e. The minimum Gasteiger partial charge on any atom is -0.474 e. The first-order valence-electron chi connectivity index (χ1n) is 11.0. The first kappa shape index (κ1) is 23.8. The largest absolute Gasteiger partial charge is 0.474 e. The number of pyridine rings is 1. The Bertz CT molecular complexity index is 1030. The fourth-order valence-corrected chi connectivity index (χ4v) is 5.36. The maximum absolute atomic E-state index is 12.8. The van der Waals surface area contributed by atoms with Crippen LogP contribution >= 0.6 is 0 Å². The quantitative estimate of drug-likeness (QED) is 0.656. The van der Waals surface area contributed by atoms with Crippen LogP contribution in [0.3, 0.4) is 0 Å². The number of aromatic nitrogens is 1. The summed E-state index contributed by atoms with van der Waals surface area (Å²) in [5, 5.41) is 3.13. The Morgan fingerprint density at radius 1 is 1.00 bits per heavy atom. The number of nitrogens with one attached hydrogen (secondary N) is 2. The number of anilines is 1. The van der Waals surface area contributed by atoms with Crippen molar-refractivity contribution in [1.82, 2.24) is 15.0 Å². The van der Waals surface area contributed by atoms with Crippen molar-refractivity contribution in [2.45, 2.75) is 49.0 Å². The number of alkyl halides is 3. The van der Waals surface area contributed by atoms with Crippen LogP contribution in [-0.4, -0.2) is 51.7 Å². The number of ether oxygens (including phenoxy) is 1. The highest BCUT2D eigenvalue weighted by Gasteiger charge is 2.30. The van der Waals surface area contributed by atoms with Crippen molar-refractivity contribution >= 4 is 15.7 Å². The van der Waals surface area contributed by atoms with E-state index in [9.17, 15) is 21.6 Å². The van der Waals surface area contributed by atoms with E-state index >= 15 is 0 Å². The molecule has 2 saturated heterocycles. The summed E-state index contributed by atoms with van der Waals surface area (Å²) in [6, 6.07) is 9.71. The normalized spacial score (nSPS) is 18.9. The number of rotatable bonds is 6. The van der Waals surface area contributed by atoms with Gasteiger partial charge in [0.25, 0.3) is 10.0 Å². The van der Waals surface area contributed by atoms with Crippen LogP contribution in [0.4, 0.5) is 18.9 Å². The molecule has 0 atom stereocenters. The van der Waals surface area contributed by atoms with Gasteiger partial charge in [0.1, 0.15) is 6.10 Å². The van der Waals surface area contributed by atoms with Crippen molar-refractivity contribution < 1.29 is 26.3 Å². The molecular formula is C22H27F3N4O3S. The molecule has 3 heterocycles. The maximum atomic E-state index is 12.8. The molecule has 0 spiro atoms. The first-order chi connectivity index (χ1) is 15.7. The fraction of sp³-hybridized carbons (Fsp3) is 0.500. The molecule has 11 heteroatoms. The highest BCUT2D eigenvalue weighted by Crippen LogP contribution is 2.31. The summed E-state index contributed by atoms with van der Waals surface area (Å²) in [6.07, 6.45) is -1.75. The van der Waals surface area contributed by atoms with E-state index in [0.717, 1.165) is 43.8 Å². The van der Waals surface area contributed by atoms with Crippen LogP contribution < -0.4 is 19.7 Å². The van der Waals surface area contributed by atoms with Gasteiger partial charge in [-0.15, -0.1) is 0 Å². The highest BCUT2D eigenvalue weighted by molar-refractivity contribution is 7.89. The third-order valence-electron chi connectivity index (χ3n) is 5.92. The molecule has 33 heavy (non-hydrogen) atoms.